The van der Waals surface area contributed by atoms with Crippen molar-refractivity contribution in [3.8, 4) is 0 Å². The number of hydrogen-bond acceptors (Lipinski definition) is 1. The quantitative estimate of drug-likeness (QED) is 0.510. The van der Waals surface area contributed by atoms with Crippen LogP contribution in [0.25, 0.3) is 11.0 Å². The van der Waals surface area contributed by atoms with Crippen molar-refractivity contribution in [2.75, 3.05) is 5.88 Å². The van der Waals surface area contributed by atoms with Gasteiger partial charge in [0.05, 0.1) is 11.0 Å². The van der Waals surface area contributed by atoms with Gasteiger partial charge in [0.2, 0.25) is 0 Å². The first kappa shape index (κ1) is 15.1. The predicted molar refractivity (Wildman–Crippen MR) is 95.1 cm³/mol. The van der Waals surface area contributed by atoms with Crippen LogP contribution in [0.1, 0.15) is 11.4 Å². The van der Waals surface area contributed by atoms with Crippen LogP contribution in [0, 0.1) is 0 Å². The van der Waals surface area contributed by atoms with Crippen LogP contribution < -0.4 is 0 Å². The summed E-state index contributed by atoms with van der Waals surface area (Å²) in [6.07, 6.45) is 0.768. The van der Waals surface area contributed by atoms with Gasteiger partial charge in [0.25, 0.3) is 0 Å². The predicted octanol–water partition coefficient (Wildman–Crippen LogP) is 5.39. The van der Waals surface area contributed by atoms with E-state index in [-0.39, 0.29) is 0 Å². The van der Waals surface area contributed by atoms with Crippen LogP contribution in [0.15, 0.2) is 51.4 Å². The van der Waals surface area contributed by atoms with Crippen molar-refractivity contribution in [3.05, 3.63) is 62.8 Å². The lowest BCUT2D eigenvalue weighted by atomic mass is 10.2. The van der Waals surface area contributed by atoms with Crippen LogP contribution in [0.3, 0.4) is 0 Å². The third kappa shape index (κ3) is 3.33. The molecule has 0 saturated carbocycles. The average molecular weight is 429 g/mol. The Hall–Kier alpha value is -0.840. The van der Waals surface area contributed by atoms with E-state index in [0.29, 0.717) is 5.88 Å². The number of hydrogen-bond donors (Lipinski definition) is 0. The van der Waals surface area contributed by atoms with Crippen molar-refractivity contribution in [1.82, 2.24) is 9.55 Å². The summed E-state index contributed by atoms with van der Waals surface area (Å²) in [5.41, 5.74) is 3.39. The molecule has 0 aliphatic carbocycles. The molecule has 0 aliphatic heterocycles. The zero-order valence-corrected chi connectivity index (χ0v) is 15.1. The Bertz CT molecular complexity index is 766. The minimum Gasteiger partial charge on any atom is -0.323 e. The second-order valence-electron chi connectivity index (χ2n) is 4.81. The van der Waals surface area contributed by atoms with E-state index in [0.717, 1.165) is 38.8 Å². The second-order valence-corrected chi connectivity index (χ2v) is 7.02. The highest BCUT2D eigenvalue weighted by atomic mass is 79.9. The van der Waals surface area contributed by atoms with Gasteiger partial charge in [-0.05, 0) is 35.9 Å². The van der Waals surface area contributed by atoms with E-state index in [4.69, 9.17) is 16.6 Å². The number of nitrogens with zero attached hydrogens (tertiary/aromatic N) is 2. The van der Waals surface area contributed by atoms with Crippen molar-refractivity contribution in [3.63, 3.8) is 0 Å². The summed E-state index contributed by atoms with van der Waals surface area (Å²) in [7, 11) is 0. The maximum atomic E-state index is 5.92. The Morgan fingerprint density at radius 1 is 1.00 bits per heavy atom. The monoisotopic (exact) mass is 426 g/mol. The number of aromatic nitrogens is 2. The third-order valence-electron chi connectivity index (χ3n) is 3.36. The van der Waals surface area contributed by atoms with E-state index in [9.17, 15) is 0 Å². The molecule has 2 nitrogen and oxygen atoms in total. The minimum absolute atomic E-state index is 0.574. The number of halogens is 3. The van der Waals surface area contributed by atoms with Gasteiger partial charge in [0.1, 0.15) is 5.82 Å². The first-order valence-electron chi connectivity index (χ1n) is 6.62. The first-order valence-corrected chi connectivity index (χ1v) is 8.74. The summed E-state index contributed by atoms with van der Waals surface area (Å²) in [5, 5.41) is 0. The molecule has 0 aliphatic rings. The van der Waals surface area contributed by atoms with Crippen LogP contribution in [0.4, 0.5) is 0 Å². The molecule has 0 bridgehead atoms. The highest BCUT2D eigenvalue weighted by molar-refractivity contribution is 9.10. The smallest absolute Gasteiger partial charge is 0.111 e. The molecule has 21 heavy (non-hydrogen) atoms. The summed E-state index contributed by atoms with van der Waals surface area (Å²) >= 11 is 12.9. The van der Waals surface area contributed by atoms with Gasteiger partial charge in [0.15, 0.2) is 0 Å². The molecule has 0 unspecified atom stereocenters. The zero-order valence-electron chi connectivity index (χ0n) is 11.2. The number of alkyl halides is 1. The molecule has 0 N–H and O–H groups in total. The zero-order chi connectivity index (χ0) is 14.8. The number of fused-ring (bicyclic) bond motifs is 1. The van der Waals surface area contributed by atoms with Crippen molar-refractivity contribution in [1.29, 1.82) is 0 Å². The standard InChI is InChI=1S/C16H13Br2ClN2/c17-12-3-1-11(2-4-12)10-21-15-9-13(18)5-6-14(15)20-16(21)7-8-19/h1-6,9H,7-8,10H2. The SMILES string of the molecule is ClCCc1nc2ccc(Br)cc2n1Cc1ccc(Br)cc1. The topological polar surface area (TPSA) is 17.8 Å². The van der Waals surface area contributed by atoms with Crippen molar-refractivity contribution < 1.29 is 0 Å². The molecule has 0 atom stereocenters. The molecule has 0 radical (unpaired) electrons. The Morgan fingerprint density at radius 3 is 2.43 bits per heavy atom. The third-order valence-corrected chi connectivity index (χ3v) is 4.57. The number of imidazole rings is 1. The first-order chi connectivity index (χ1) is 10.2. The molecule has 2 aromatic carbocycles. The summed E-state index contributed by atoms with van der Waals surface area (Å²) in [5.74, 6) is 1.60. The van der Waals surface area contributed by atoms with Gasteiger partial charge in [-0.3, -0.25) is 0 Å². The van der Waals surface area contributed by atoms with Gasteiger partial charge < -0.3 is 4.57 Å². The Morgan fingerprint density at radius 2 is 1.71 bits per heavy atom. The van der Waals surface area contributed by atoms with E-state index in [1.54, 1.807) is 0 Å². The largest absolute Gasteiger partial charge is 0.323 e. The number of benzene rings is 2. The van der Waals surface area contributed by atoms with E-state index in [1.807, 2.05) is 12.1 Å². The van der Waals surface area contributed by atoms with Crippen LogP contribution in [-0.4, -0.2) is 15.4 Å². The van der Waals surface area contributed by atoms with E-state index in [2.05, 4.69) is 66.8 Å². The lowest BCUT2D eigenvalue weighted by Crippen LogP contribution is -2.06. The maximum absolute atomic E-state index is 5.92. The fourth-order valence-corrected chi connectivity index (χ4v) is 3.15. The highest BCUT2D eigenvalue weighted by Gasteiger charge is 2.11. The molecular formula is C16H13Br2ClN2. The highest BCUT2D eigenvalue weighted by Crippen LogP contribution is 2.23. The van der Waals surface area contributed by atoms with Crippen LogP contribution in [0.2, 0.25) is 0 Å². The second kappa shape index (κ2) is 6.51. The molecule has 0 spiro atoms. The fourth-order valence-electron chi connectivity index (χ4n) is 2.37. The van der Waals surface area contributed by atoms with E-state index in [1.165, 1.54) is 5.56 Å². The number of rotatable bonds is 4. The summed E-state index contributed by atoms with van der Waals surface area (Å²) in [6, 6.07) is 14.5. The molecule has 3 rings (SSSR count). The average Bonchev–Trinajstić information content (AvgIpc) is 2.79. The molecule has 5 heteroatoms. The van der Waals surface area contributed by atoms with Gasteiger partial charge in [0, 0.05) is 27.8 Å². The Kier molecular flexibility index (Phi) is 4.67. The number of aryl methyl sites for hydroxylation is 1. The van der Waals surface area contributed by atoms with E-state index >= 15 is 0 Å². The maximum Gasteiger partial charge on any atom is 0.111 e. The lowest BCUT2D eigenvalue weighted by molar-refractivity contribution is 0.754. The normalized spacial score (nSPS) is 11.2. The molecule has 0 amide bonds. The Labute approximate surface area is 145 Å². The van der Waals surface area contributed by atoms with Gasteiger partial charge in [-0.1, -0.05) is 44.0 Å². The van der Waals surface area contributed by atoms with Crippen LogP contribution >= 0.6 is 43.5 Å². The Balaban J connectivity index is 2.07. The molecule has 3 aromatic rings. The van der Waals surface area contributed by atoms with E-state index < -0.39 is 0 Å². The van der Waals surface area contributed by atoms with Crippen LogP contribution in [-0.2, 0) is 13.0 Å². The molecule has 0 fully saturated rings. The van der Waals surface area contributed by atoms with Gasteiger partial charge >= 0.3 is 0 Å². The minimum atomic E-state index is 0.574. The lowest BCUT2D eigenvalue weighted by Gasteiger charge is -2.09. The molecule has 1 heterocycles. The summed E-state index contributed by atoms with van der Waals surface area (Å²) < 4.78 is 4.39. The van der Waals surface area contributed by atoms with Gasteiger partial charge in [-0.25, -0.2) is 4.98 Å². The van der Waals surface area contributed by atoms with Crippen molar-refractivity contribution in [2.24, 2.45) is 0 Å². The molecule has 1 aromatic heterocycles. The molecule has 0 saturated heterocycles. The van der Waals surface area contributed by atoms with Crippen molar-refractivity contribution >= 4 is 54.5 Å². The summed E-state index contributed by atoms with van der Waals surface area (Å²) in [6.45, 7) is 0.798. The fraction of sp³-hybridized carbons (Fsp3) is 0.188. The van der Waals surface area contributed by atoms with Crippen molar-refractivity contribution in [2.45, 2.75) is 13.0 Å². The van der Waals surface area contributed by atoms with Crippen LogP contribution in [0.5, 0.6) is 0 Å². The molecule has 108 valence electrons. The van der Waals surface area contributed by atoms with Gasteiger partial charge in [-0.15, -0.1) is 11.6 Å². The van der Waals surface area contributed by atoms with Gasteiger partial charge in [-0.2, -0.15) is 0 Å². The summed E-state index contributed by atoms with van der Waals surface area (Å²) in [4.78, 5) is 4.71. The molecular weight excluding hydrogens is 415 g/mol.